The maximum Gasteiger partial charge on any atom is 0.317 e. The molecule has 0 aromatic heterocycles. The zero-order valence-corrected chi connectivity index (χ0v) is 12.4. The second-order valence-corrected chi connectivity index (χ2v) is 5.03. The molecule has 1 saturated carbocycles. The average Bonchev–Trinajstić information content (AvgIpc) is 2.43. The molecule has 0 aromatic rings. The lowest BCUT2D eigenvalue weighted by Gasteiger charge is -2.21. The number of rotatable bonds is 8. The Hall–Kier alpha value is -1.14. The van der Waals surface area contributed by atoms with E-state index < -0.39 is 11.9 Å². The van der Waals surface area contributed by atoms with Gasteiger partial charge in [0.25, 0.3) is 0 Å². The van der Waals surface area contributed by atoms with E-state index in [1.165, 1.54) is 19.3 Å². The minimum absolute atomic E-state index is 0.0833. The zero-order chi connectivity index (χ0) is 15.2. The van der Waals surface area contributed by atoms with Crippen LogP contribution in [0.1, 0.15) is 51.9 Å². The van der Waals surface area contributed by atoms with Crippen LogP contribution in [0.4, 0.5) is 0 Å². The van der Waals surface area contributed by atoms with E-state index in [4.69, 9.17) is 10.2 Å². The van der Waals surface area contributed by atoms with Crippen molar-refractivity contribution >= 4 is 11.9 Å². The van der Waals surface area contributed by atoms with Crippen molar-refractivity contribution < 1.29 is 19.8 Å². The molecule has 1 fully saturated rings. The van der Waals surface area contributed by atoms with Crippen molar-refractivity contribution in [3.8, 4) is 0 Å². The molecule has 0 saturated heterocycles. The summed E-state index contributed by atoms with van der Waals surface area (Å²) in [6.45, 7) is 3.08. The van der Waals surface area contributed by atoms with Crippen LogP contribution < -0.4 is 10.6 Å². The fourth-order valence-corrected chi connectivity index (χ4v) is 2.04. The number of carbonyl (C=O) groups is 2. The fraction of sp³-hybridized carbons (Fsp3) is 0.857. The molecule has 118 valence electrons. The van der Waals surface area contributed by atoms with Crippen molar-refractivity contribution in [1.29, 1.82) is 0 Å². The molecular weight excluding hydrogens is 260 g/mol. The van der Waals surface area contributed by atoms with Gasteiger partial charge in [0.15, 0.2) is 0 Å². The van der Waals surface area contributed by atoms with Crippen LogP contribution in [0.5, 0.6) is 0 Å². The molecule has 0 spiro atoms. The van der Waals surface area contributed by atoms with Crippen LogP contribution in [0, 0.1) is 0 Å². The van der Waals surface area contributed by atoms with E-state index in [1.807, 2.05) is 0 Å². The van der Waals surface area contributed by atoms with Gasteiger partial charge in [-0.05, 0) is 25.8 Å². The standard InChI is InChI=1S/C8H15NO2.C6H13NO2/c10-8(11)6-9-7-4-2-1-3-5-7;1-2-3-4-7-5-6(8)9/h7,9H,1-6H2,(H,10,11);7H,2-5H2,1H3,(H,8,9). The second-order valence-electron chi connectivity index (χ2n) is 5.03. The van der Waals surface area contributed by atoms with E-state index in [9.17, 15) is 9.59 Å². The first-order valence-corrected chi connectivity index (χ1v) is 7.44. The van der Waals surface area contributed by atoms with Gasteiger partial charge in [0, 0.05) is 6.04 Å². The number of hydrogen-bond donors (Lipinski definition) is 4. The Bertz CT molecular complexity index is 266. The topological polar surface area (TPSA) is 98.7 Å². The summed E-state index contributed by atoms with van der Waals surface area (Å²) in [7, 11) is 0. The van der Waals surface area contributed by atoms with E-state index in [-0.39, 0.29) is 13.1 Å². The quantitative estimate of drug-likeness (QED) is 0.505. The van der Waals surface area contributed by atoms with E-state index in [2.05, 4.69) is 17.6 Å². The third-order valence-electron chi connectivity index (χ3n) is 3.13. The largest absolute Gasteiger partial charge is 0.480 e. The number of carboxylic acids is 2. The van der Waals surface area contributed by atoms with Crippen molar-refractivity contribution in [2.45, 2.75) is 57.9 Å². The van der Waals surface area contributed by atoms with Gasteiger partial charge >= 0.3 is 11.9 Å². The van der Waals surface area contributed by atoms with Gasteiger partial charge in [-0.2, -0.15) is 0 Å². The summed E-state index contributed by atoms with van der Waals surface area (Å²) in [6.07, 6.45) is 8.25. The first-order chi connectivity index (χ1) is 9.56. The van der Waals surface area contributed by atoms with Crippen LogP contribution in [0.2, 0.25) is 0 Å². The van der Waals surface area contributed by atoms with Gasteiger partial charge in [-0.1, -0.05) is 32.6 Å². The molecule has 1 aliphatic carbocycles. The molecule has 0 aliphatic heterocycles. The molecular formula is C14H28N2O4. The van der Waals surface area contributed by atoms with Crippen LogP contribution in [-0.2, 0) is 9.59 Å². The van der Waals surface area contributed by atoms with Crippen LogP contribution in [0.3, 0.4) is 0 Å². The van der Waals surface area contributed by atoms with Crippen molar-refractivity contribution in [3.05, 3.63) is 0 Å². The molecule has 0 radical (unpaired) electrons. The zero-order valence-electron chi connectivity index (χ0n) is 12.4. The van der Waals surface area contributed by atoms with Gasteiger partial charge in [0.05, 0.1) is 13.1 Å². The lowest BCUT2D eigenvalue weighted by Crippen LogP contribution is -2.34. The molecule has 0 atom stereocenters. The van der Waals surface area contributed by atoms with Gasteiger partial charge in [-0.25, -0.2) is 0 Å². The summed E-state index contributed by atoms with van der Waals surface area (Å²) in [5.74, 6) is -1.54. The minimum Gasteiger partial charge on any atom is -0.480 e. The molecule has 0 unspecified atom stereocenters. The number of nitrogens with one attached hydrogen (secondary N) is 2. The van der Waals surface area contributed by atoms with Crippen LogP contribution >= 0.6 is 0 Å². The molecule has 1 rings (SSSR count). The first-order valence-electron chi connectivity index (χ1n) is 7.44. The number of hydrogen-bond acceptors (Lipinski definition) is 4. The Kier molecular flexibility index (Phi) is 12.1. The predicted octanol–water partition coefficient (Wildman–Crippen LogP) is 1.45. The number of aliphatic carboxylic acids is 2. The van der Waals surface area contributed by atoms with Gasteiger partial charge in [-0.15, -0.1) is 0 Å². The molecule has 0 bridgehead atoms. The van der Waals surface area contributed by atoms with E-state index in [0.29, 0.717) is 6.04 Å². The predicted molar refractivity (Wildman–Crippen MR) is 77.9 cm³/mol. The third kappa shape index (κ3) is 13.3. The molecule has 6 nitrogen and oxygen atoms in total. The summed E-state index contributed by atoms with van der Waals surface area (Å²) in [4.78, 5) is 20.1. The smallest absolute Gasteiger partial charge is 0.317 e. The highest BCUT2D eigenvalue weighted by atomic mass is 16.4. The third-order valence-corrected chi connectivity index (χ3v) is 3.13. The summed E-state index contributed by atoms with van der Waals surface area (Å²) in [5.41, 5.74) is 0. The van der Waals surface area contributed by atoms with Crippen LogP contribution in [0.15, 0.2) is 0 Å². The molecule has 6 heteroatoms. The van der Waals surface area contributed by atoms with Gasteiger partial charge in [-0.3, -0.25) is 9.59 Å². The lowest BCUT2D eigenvalue weighted by atomic mass is 9.96. The molecule has 20 heavy (non-hydrogen) atoms. The first kappa shape index (κ1) is 18.9. The van der Waals surface area contributed by atoms with Gasteiger partial charge < -0.3 is 20.8 Å². The number of unbranched alkanes of at least 4 members (excludes halogenated alkanes) is 1. The van der Waals surface area contributed by atoms with Crippen molar-refractivity contribution in [2.24, 2.45) is 0 Å². The SMILES string of the molecule is CCCCNCC(=O)O.O=C(O)CNC1CCCCC1. The second kappa shape index (κ2) is 12.9. The Balaban J connectivity index is 0.000000370. The highest BCUT2D eigenvalue weighted by Gasteiger charge is 2.12. The van der Waals surface area contributed by atoms with Gasteiger partial charge in [0.2, 0.25) is 0 Å². The Labute approximate surface area is 120 Å². The fourth-order valence-electron chi connectivity index (χ4n) is 2.04. The lowest BCUT2D eigenvalue weighted by molar-refractivity contribution is -0.137. The van der Waals surface area contributed by atoms with E-state index in [1.54, 1.807) is 0 Å². The highest BCUT2D eigenvalue weighted by molar-refractivity contribution is 5.69. The van der Waals surface area contributed by atoms with E-state index >= 15 is 0 Å². The molecule has 1 aliphatic rings. The summed E-state index contributed by atoms with van der Waals surface area (Å²) < 4.78 is 0. The maximum atomic E-state index is 10.2. The van der Waals surface area contributed by atoms with Crippen molar-refractivity contribution in [1.82, 2.24) is 10.6 Å². The van der Waals surface area contributed by atoms with Crippen molar-refractivity contribution in [2.75, 3.05) is 19.6 Å². The Morgan fingerprint density at radius 3 is 2.15 bits per heavy atom. The number of carboxylic acid groups (broad SMARTS) is 2. The molecule has 0 heterocycles. The minimum atomic E-state index is -0.786. The van der Waals surface area contributed by atoms with Crippen LogP contribution in [-0.4, -0.2) is 47.8 Å². The molecule has 0 amide bonds. The molecule has 4 N–H and O–H groups in total. The Morgan fingerprint density at radius 2 is 1.65 bits per heavy atom. The van der Waals surface area contributed by atoms with Crippen molar-refractivity contribution in [3.63, 3.8) is 0 Å². The summed E-state index contributed by atoms with van der Waals surface area (Å²) in [6, 6.07) is 0.458. The van der Waals surface area contributed by atoms with E-state index in [0.717, 1.165) is 32.2 Å². The van der Waals surface area contributed by atoms with Gasteiger partial charge in [0.1, 0.15) is 0 Å². The monoisotopic (exact) mass is 288 g/mol. The average molecular weight is 288 g/mol. The maximum absolute atomic E-state index is 10.2. The Morgan fingerprint density at radius 1 is 1.05 bits per heavy atom. The van der Waals surface area contributed by atoms with Crippen LogP contribution in [0.25, 0.3) is 0 Å². The molecule has 0 aromatic carbocycles. The normalized spacial score (nSPS) is 15.2. The highest BCUT2D eigenvalue weighted by Crippen LogP contribution is 2.16. The summed E-state index contributed by atoms with van der Waals surface area (Å²) in [5, 5.41) is 22.3. The summed E-state index contributed by atoms with van der Waals surface area (Å²) >= 11 is 0.